The van der Waals surface area contributed by atoms with E-state index in [4.69, 9.17) is 0 Å². The van der Waals surface area contributed by atoms with E-state index in [2.05, 4.69) is 15.3 Å². The summed E-state index contributed by atoms with van der Waals surface area (Å²) < 4.78 is 38.1. The van der Waals surface area contributed by atoms with Crippen molar-refractivity contribution in [3.63, 3.8) is 0 Å². The largest absolute Gasteiger partial charge is 0.416 e. The zero-order valence-corrected chi connectivity index (χ0v) is 14.3. The van der Waals surface area contributed by atoms with E-state index >= 15 is 0 Å². The Kier molecular flexibility index (Phi) is 5.32. The van der Waals surface area contributed by atoms with Gasteiger partial charge in [0.15, 0.2) is 0 Å². The Balaban J connectivity index is 1.57. The third kappa shape index (κ3) is 4.66. The number of nitrogens with zero attached hydrogens (tertiary/aromatic N) is 2. The van der Waals surface area contributed by atoms with Gasteiger partial charge in [-0.25, -0.2) is 4.98 Å². The lowest BCUT2D eigenvalue weighted by atomic mass is 10.2. The fourth-order valence-electron chi connectivity index (χ4n) is 2.27. The molecule has 4 nitrogen and oxygen atoms in total. The number of amides is 1. The van der Waals surface area contributed by atoms with Crippen molar-refractivity contribution in [1.29, 1.82) is 0 Å². The minimum Gasteiger partial charge on any atom is -0.326 e. The Hall–Kier alpha value is -2.74. The number of benzene rings is 1. The van der Waals surface area contributed by atoms with Gasteiger partial charge in [-0.05, 0) is 36.8 Å². The first-order valence-electron chi connectivity index (χ1n) is 7.75. The van der Waals surface area contributed by atoms with Crippen molar-refractivity contribution in [3.05, 3.63) is 65.3 Å². The Bertz CT molecular complexity index is 894. The highest BCUT2D eigenvalue weighted by Gasteiger charge is 2.30. The summed E-state index contributed by atoms with van der Waals surface area (Å²) in [5.41, 5.74) is 0.832. The van der Waals surface area contributed by atoms with E-state index in [1.54, 1.807) is 6.20 Å². The van der Waals surface area contributed by atoms with Crippen molar-refractivity contribution in [3.8, 4) is 10.7 Å². The van der Waals surface area contributed by atoms with E-state index in [9.17, 15) is 18.0 Å². The fraction of sp³-hybridized carbons (Fsp3) is 0.167. The molecule has 0 unspecified atom stereocenters. The highest BCUT2D eigenvalue weighted by molar-refractivity contribution is 7.13. The molecule has 0 saturated carbocycles. The van der Waals surface area contributed by atoms with Crippen molar-refractivity contribution in [2.75, 3.05) is 5.32 Å². The van der Waals surface area contributed by atoms with Crippen LogP contribution in [0.2, 0.25) is 0 Å². The topological polar surface area (TPSA) is 54.9 Å². The quantitative estimate of drug-likeness (QED) is 0.695. The van der Waals surface area contributed by atoms with Crippen LogP contribution in [0.15, 0.2) is 54.0 Å². The van der Waals surface area contributed by atoms with Crippen LogP contribution in [-0.4, -0.2) is 15.9 Å². The summed E-state index contributed by atoms with van der Waals surface area (Å²) in [4.78, 5) is 20.6. The van der Waals surface area contributed by atoms with Gasteiger partial charge in [-0.3, -0.25) is 9.78 Å². The highest BCUT2D eigenvalue weighted by atomic mass is 32.1. The van der Waals surface area contributed by atoms with E-state index in [0.29, 0.717) is 6.42 Å². The molecule has 0 fully saturated rings. The minimum atomic E-state index is -4.44. The summed E-state index contributed by atoms with van der Waals surface area (Å²) in [5.74, 6) is -0.364. The number of thiazole rings is 1. The number of carbonyl (C=O) groups excluding carboxylic acids is 1. The molecule has 3 rings (SSSR count). The van der Waals surface area contributed by atoms with E-state index in [1.807, 2.05) is 23.6 Å². The Morgan fingerprint density at radius 1 is 1.15 bits per heavy atom. The maximum atomic E-state index is 12.7. The average Bonchev–Trinajstić information content (AvgIpc) is 3.09. The Morgan fingerprint density at radius 3 is 2.73 bits per heavy atom. The van der Waals surface area contributed by atoms with Gasteiger partial charge in [0.05, 0.1) is 17.0 Å². The molecule has 0 bridgehead atoms. The number of nitrogens with one attached hydrogen (secondary N) is 1. The van der Waals surface area contributed by atoms with E-state index < -0.39 is 11.7 Å². The number of aryl methyl sites for hydroxylation is 1. The molecule has 1 N–H and O–H groups in total. The molecule has 2 aromatic heterocycles. The lowest BCUT2D eigenvalue weighted by molar-refractivity contribution is -0.137. The van der Waals surface area contributed by atoms with Gasteiger partial charge in [-0.1, -0.05) is 12.1 Å². The van der Waals surface area contributed by atoms with Crippen LogP contribution in [-0.2, 0) is 17.4 Å². The first-order chi connectivity index (χ1) is 12.4. The van der Waals surface area contributed by atoms with Crippen LogP contribution in [0, 0.1) is 0 Å². The molecule has 1 aromatic carbocycles. The van der Waals surface area contributed by atoms with Crippen molar-refractivity contribution >= 4 is 22.9 Å². The normalized spacial score (nSPS) is 11.3. The predicted molar refractivity (Wildman–Crippen MR) is 93.7 cm³/mol. The van der Waals surface area contributed by atoms with Crippen molar-refractivity contribution in [2.45, 2.75) is 19.0 Å². The van der Waals surface area contributed by atoms with Crippen LogP contribution in [0.3, 0.4) is 0 Å². The van der Waals surface area contributed by atoms with Gasteiger partial charge in [0.25, 0.3) is 0 Å². The highest BCUT2D eigenvalue weighted by Crippen LogP contribution is 2.30. The molecular weight excluding hydrogens is 363 g/mol. The Morgan fingerprint density at radius 2 is 2.00 bits per heavy atom. The predicted octanol–water partition coefficient (Wildman–Crippen LogP) is 4.80. The second-order valence-corrected chi connectivity index (χ2v) is 6.34. The maximum Gasteiger partial charge on any atom is 0.416 e. The number of alkyl halides is 3. The third-order valence-corrected chi connectivity index (χ3v) is 4.43. The molecule has 0 atom stereocenters. The second-order valence-electron chi connectivity index (χ2n) is 5.49. The molecule has 2 heterocycles. The van der Waals surface area contributed by atoms with E-state index in [0.717, 1.165) is 28.5 Å². The van der Waals surface area contributed by atoms with Gasteiger partial charge in [0.1, 0.15) is 5.01 Å². The summed E-state index contributed by atoms with van der Waals surface area (Å²) >= 11 is 1.43. The molecule has 3 aromatic rings. The number of anilines is 1. The smallest absolute Gasteiger partial charge is 0.326 e. The summed E-state index contributed by atoms with van der Waals surface area (Å²) in [6, 6.07) is 10.1. The number of halogens is 3. The first kappa shape index (κ1) is 18.1. The van der Waals surface area contributed by atoms with Gasteiger partial charge >= 0.3 is 6.18 Å². The summed E-state index contributed by atoms with van der Waals surface area (Å²) in [6.45, 7) is 0. The number of carbonyl (C=O) groups is 1. The molecule has 0 saturated heterocycles. The number of aromatic nitrogens is 2. The summed E-state index contributed by atoms with van der Waals surface area (Å²) in [6.07, 6.45) is -2.24. The lowest BCUT2D eigenvalue weighted by Gasteiger charge is -2.09. The number of rotatable bonds is 5. The molecule has 0 spiro atoms. The summed E-state index contributed by atoms with van der Waals surface area (Å²) in [7, 11) is 0. The van der Waals surface area contributed by atoms with Crippen LogP contribution >= 0.6 is 11.3 Å². The second kappa shape index (κ2) is 7.65. The zero-order valence-electron chi connectivity index (χ0n) is 13.5. The van der Waals surface area contributed by atoms with Crippen molar-refractivity contribution in [2.24, 2.45) is 0 Å². The molecule has 134 valence electrons. The molecule has 0 radical (unpaired) electrons. The molecule has 0 aliphatic carbocycles. The van der Waals surface area contributed by atoms with E-state index in [-0.39, 0.29) is 18.0 Å². The van der Waals surface area contributed by atoms with Gasteiger partial charge < -0.3 is 5.32 Å². The molecule has 1 amide bonds. The first-order valence-corrected chi connectivity index (χ1v) is 8.63. The van der Waals surface area contributed by atoms with Crippen LogP contribution in [0.1, 0.15) is 17.7 Å². The van der Waals surface area contributed by atoms with Gasteiger partial charge in [0.2, 0.25) is 5.91 Å². The fourth-order valence-corrected chi connectivity index (χ4v) is 3.10. The molecule has 0 aliphatic heterocycles. The monoisotopic (exact) mass is 377 g/mol. The number of hydrogen-bond acceptors (Lipinski definition) is 4. The molecular formula is C18H14F3N3OS. The third-order valence-electron chi connectivity index (χ3n) is 3.52. The van der Waals surface area contributed by atoms with E-state index in [1.165, 1.54) is 23.5 Å². The van der Waals surface area contributed by atoms with Crippen molar-refractivity contribution in [1.82, 2.24) is 9.97 Å². The summed E-state index contributed by atoms with van der Waals surface area (Å²) in [5, 5.41) is 5.10. The van der Waals surface area contributed by atoms with Crippen LogP contribution in [0.25, 0.3) is 10.7 Å². The Labute approximate surface area is 151 Å². The maximum absolute atomic E-state index is 12.7. The molecule has 0 aliphatic rings. The number of pyridine rings is 1. The average molecular weight is 377 g/mol. The van der Waals surface area contributed by atoms with Crippen LogP contribution in [0.5, 0.6) is 0 Å². The van der Waals surface area contributed by atoms with Crippen LogP contribution < -0.4 is 5.32 Å². The molecule has 8 heteroatoms. The van der Waals surface area contributed by atoms with Gasteiger partial charge in [0, 0.05) is 23.7 Å². The number of hydrogen-bond donors (Lipinski definition) is 1. The van der Waals surface area contributed by atoms with Gasteiger partial charge in [-0.2, -0.15) is 13.2 Å². The standard InChI is InChI=1S/C18H14F3N3OS/c19-18(20,21)12-4-3-5-13(10-12)23-16(25)8-7-14-11-26-17(24-14)15-6-1-2-9-22-15/h1-6,9-11H,7-8H2,(H,23,25). The SMILES string of the molecule is O=C(CCc1csc(-c2ccccn2)n1)Nc1cccc(C(F)(F)F)c1. The zero-order chi connectivity index (χ0) is 18.6. The minimum absolute atomic E-state index is 0.122. The van der Waals surface area contributed by atoms with Crippen molar-refractivity contribution < 1.29 is 18.0 Å². The van der Waals surface area contributed by atoms with Gasteiger partial charge in [-0.15, -0.1) is 11.3 Å². The lowest BCUT2D eigenvalue weighted by Crippen LogP contribution is -2.13. The molecule has 26 heavy (non-hydrogen) atoms. The van der Waals surface area contributed by atoms with Crippen LogP contribution in [0.4, 0.5) is 18.9 Å².